The first-order valence-corrected chi connectivity index (χ1v) is 5.96. The minimum absolute atomic E-state index is 0.237. The van der Waals surface area contributed by atoms with Gasteiger partial charge < -0.3 is 10.4 Å². The van der Waals surface area contributed by atoms with Crippen LogP contribution in [0, 0.1) is 5.92 Å². The summed E-state index contributed by atoms with van der Waals surface area (Å²) in [7, 11) is 0. The van der Waals surface area contributed by atoms with Crippen LogP contribution < -0.4 is 5.32 Å². The maximum Gasteiger partial charge on any atom is 0.264 e. The summed E-state index contributed by atoms with van der Waals surface area (Å²) >= 11 is 1.04. The molecule has 0 aromatic carbocycles. The maximum absolute atomic E-state index is 11.5. The Balaban J connectivity index is 2.42. The van der Waals surface area contributed by atoms with E-state index >= 15 is 0 Å². The van der Waals surface area contributed by atoms with Crippen molar-refractivity contribution in [3.63, 3.8) is 0 Å². The van der Waals surface area contributed by atoms with E-state index in [2.05, 4.69) is 14.9 Å². The predicted octanol–water partition coefficient (Wildman–Crippen LogP) is 1.06. The van der Waals surface area contributed by atoms with Crippen LogP contribution in [0.5, 0.6) is 0 Å². The molecule has 2 N–H and O–H groups in total. The lowest BCUT2D eigenvalue weighted by molar-refractivity contribution is 0.0369. The summed E-state index contributed by atoms with van der Waals surface area (Å²) in [6.45, 7) is 6.02. The molecule has 1 atom stereocenters. The van der Waals surface area contributed by atoms with Gasteiger partial charge in [-0.1, -0.05) is 18.3 Å². The molecule has 0 saturated carbocycles. The van der Waals surface area contributed by atoms with Crippen LogP contribution in [0.25, 0.3) is 0 Å². The van der Waals surface area contributed by atoms with E-state index in [0.717, 1.165) is 11.5 Å². The van der Waals surface area contributed by atoms with Gasteiger partial charge in [0.05, 0.1) is 11.8 Å². The molecule has 0 fully saturated rings. The summed E-state index contributed by atoms with van der Waals surface area (Å²) in [6.07, 6.45) is 2.06. The molecule has 6 heteroatoms. The van der Waals surface area contributed by atoms with Crippen LogP contribution in [0.2, 0.25) is 0 Å². The van der Waals surface area contributed by atoms with Crippen molar-refractivity contribution >= 4 is 17.4 Å². The molecule has 1 rings (SSSR count). The molecule has 90 valence electrons. The summed E-state index contributed by atoms with van der Waals surface area (Å²) in [4.78, 5) is 12.0. The SMILES string of the molecule is CC(C)CC(C)(O)CNC(=O)c1cnns1. The van der Waals surface area contributed by atoms with Crippen molar-refractivity contribution in [3.05, 3.63) is 11.1 Å². The van der Waals surface area contributed by atoms with E-state index in [4.69, 9.17) is 0 Å². The van der Waals surface area contributed by atoms with Crippen molar-refractivity contribution < 1.29 is 9.90 Å². The van der Waals surface area contributed by atoms with Crippen LogP contribution >= 0.6 is 11.5 Å². The molecule has 1 unspecified atom stereocenters. The van der Waals surface area contributed by atoms with E-state index < -0.39 is 5.60 Å². The van der Waals surface area contributed by atoms with Crippen LogP contribution in [-0.4, -0.2) is 32.7 Å². The summed E-state index contributed by atoms with van der Waals surface area (Å²) in [5, 5.41) is 16.2. The van der Waals surface area contributed by atoms with Gasteiger partial charge in [0, 0.05) is 6.54 Å². The van der Waals surface area contributed by atoms with Gasteiger partial charge in [-0.05, 0) is 30.8 Å². The summed E-state index contributed by atoms with van der Waals surface area (Å²) in [5.41, 5.74) is -0.873. The standard InChI is InChI=1S/C10H17N3O2S/c1-7(2)4-10(3,15)6-11-9(14)8-5-12-13-16-8/h5,7,15H,4,6H2,1-3H3,(H,11,14). The number of nitrogens with zero attached hydrogens (tertiary/aromatic N) is 2. The van der Waals surface area contributed by atoms with Crippen LogP contribution in [0.15, 0.2) is 6.20 Å². The number of nitrogens with one attached hydrogen (secondary N) is 1. The van der Waals surface area contributed by atoms with Gasteiger partial charge in [0.2, 0.25) is 0 Å². The zero-order chi connectivity index (χ0) is 12.2. The molecule has 1 aromatic rings. The lowest BCUT2D eigenvalue weighted by Gasteiger charge is -2.25. The maximum atomic E-state index is 11.5. The third-order valence-electron chi connectivity index (χ3n) is 2.06. The molecular formula is C10H17N3O2S. The molecule has 0 saturated heterocycles. The van der Waals surface area contributed by atoms with E-state index in [1.54, 1.807) is 6.92 Å². The molecule has 0 aliphatic heterocycles. The highest BCUT2D eigenvalue weighted by molar-refractivity contribution is 7.07. The average molecular weight is 243 g/mol. The first-order valence-electron chi connectivity index (χ1n) is 5.18. The van der Waals surface area contributed by atoms with Gasteiger partial charge in [-0.2, -0.15) is 0 Å². The molecule has 0 aliphatic rings. The van der Waals surface area contributed by atoms with Crippen molar-refractivity contribution in [2.24, 2.45) is 5.92 Å². The van der Waals surface area contributed by atoms with E-state index in [1.165, 1.54) is 6.20 Å². The number of aromatic nitrogens is 2. The Morgan fingerprint density at radius 2 is 2.38 bits per heavy atom. The summed E-state index contributed by atoms with van der Waals surface area (Å²) in [6, 6.07) is 0. The predicted molar refractivity (Wildman–Crippen MR) is 62.3 cm³/mol. The van der Waals surface area contributed by atoms with Gasteiger partial charge in [-0.3, -0.25) is 4.79 Å². The quantitative estimate of drug-likeness (QED) is 0.811. The van der Waals surface area contributed by atoms with Crippen molar-refractivity contribution in [1.82, 2.24) is 14.9 Å². The molecule has 0 spiro atoms. The number of hydrogen-bond acceptors (Lipinski definition) is 5. The molecule has 1 aromatic heterocycles. The lowest BCUT2D eigenvalue weighted by Crippen LogP contribution is -2.41. The highest BCUT2D eigenvalue weighted by Crippen LogP contribution is 2.15. The van der Waals surface area contributed by atoms with Crippen LogP contribution in [-0.2, 0) is 0 Å². The van der Waals surface area contributed by atoms with Gasteiger partial charge in [-0.15, -0.1) is 5.10 Å². The molecule has 0 aliphatic carbocycles. The molecule has 16 heavy (non-hydrogen) atoms. The number of amides is 1. The van der Waals surface area contributed by atoms with Gasteiger partial charge in [0.25, 0.3) is 5.91 Å². The number of carbonyl (C=O) groups is 1. The van der Waals surface area contributed by atoms with E-state index in [9.17, 15) is 9.90 Å². The Kier molecular flexibility index (Phi) is 4.37. The fourth-order valence-electron chi connectivity index (χ4n) is 1.58. The molecule has 1 amide bonds. The zero-order valence-electron chi connectivity index (χ0n) is 9.73. The number of hydrogen-bond donors (Lipinski definition) is 2. The average Bonchev–Trinajstić information content (AvgIpc) is 2.64. The van der Waals surface area contributed by atoms with Gasteiger partial charge in [-0.25, -0.2) is 0 Å². The molecule has 0 radical (unpaired) electrons. The summed E-state index contributed by atoms with van der Waals surface area (Å²) in [5.74, 6) is 0.149. The van der Waals surface area contributed by atoms with Crippen molar-refractivity contribution in [1.29, 1.82) is 0 Å². The highest BCUT2D eigenvalue weighted by Gasteiger charge is 2.23. The highest BCUT2D eigenvalue weighted by atomic mass is 32.1. The van der Waals surface area contributed by atoms with Gasteiger partial charge >= 0.3 is 0 Å². The second kappa shape index (κ2) is 5.36. The molecule has 1 heterocycles. The normalized spacial score (nSPS) is 14.8. The Labute approximate surface area is 99.0 Å². The Hall–Kier alpha value is -1.01. The molecule has 0 bridgehead atoms. The lowest BCUT2D eigenvalue weighted by atomic mass is 9.94. The summed E-state index contributed by atoms with van der Waals surface area (Å²) < 4.78 is 3.60. The third-order valence-corrected chi connectivity index (χ3v) is 2.73. The van der Waals surface area contributed by atoms with Crippen LogP contribution in [0.4, 0.5) is 0 Å². The van der Waals surface area contributed by atoms with Gasteiger partial charge in [0.15, 0.2) is 0 Å². The monoisotopic (exact) mass is 243 g/mol. The Morgan fingerprint density at radius 3 is 2.88 bits per heavy atom. The zero-order valence-corrected chi connectivity index (χ0v) is 10.5. The molecule has 5 nitrogen and oxygen atoms in total. The minimum atomic E-state index is -0.873. The topological polar surface area (TPSA) is 75.1 Å². The molecular weight excluding hydrogens is 226 g/mol. The first-order chi connectivity index (χ1) is 7.41. The van der Waals surface area contributed by atoms with E-state index in [0.29, 0.717) is 17.2 Å². The van der Waals surface area contributed by atoms with Crippen LogP contribution in [0.1, 0.15) is 36.9 Å². The Bertz CT molecular complexity index is 336. The van der Waals surface area contributed by atoms with Crippen molar-refractivity contribution in [2.45, 2.75) is 32.8 Å². The fourth-order valence-corrected chi connectivity index (χ4v) is 2.01. The van der Waals surface area contributed by atoms with E-state index in [-0.39, 0.29) is 12.5 Å². The number of aliphatic hydroxyl groups is 1. The van der Waals surface area contributed by atoms with Crippen molar-refractivity contribution in [2.75, 3.05) is 6.54 Å². The largest absolute Gasteiger partial charge is 0.388 e. The van der Waals surface area contributed by atoms with Crippen LogP contribution in [0.3, 0.4) is 0 Å². The van der Waals surface area contributed by atoms with E-state index in [1.807, 2.05) is 13.8 Å². The second-order valence-electron chi connectivity index (χ2n) is 4.56. The minimum Gasteiger partial charge on any atom is -0.388 e. The second-order valence-corrected chi connectivity index (χ2v) is 5.35. The Morgan fingerprint density at radius 1 is 1.69 bits per heavy atom. The fraction of sp³-hybridized carbons (Fsp3) is 0.700. The van der Waals surface area contributed by atoms with Crippen molar-refractivity contribution in [3.8, 4) is 0 Å². The third kappa shape index (κ3) is 4.24. The van der Waals surface area contributed by atoms with Gasteiger partial charge in [0.1, 0.15) is 4.88 Å². The number of carbonyl (C=O) groups excluding carboxylic acids is 1. The first kappa shape index (κ1) is 13.1. The smallest absolute Gasteiger partial charge is 0.264 e. The number of rotatable bonds is 5.